The number of hydrogen-bond acceptors (Lipinski definition) is 0. The Kier molecular flexibility index (Phi) is 8.79. The molecule has 2 fully saturated rings. The molecule has 176 valence electrons. The maximum absolute atomic E-state index is 13.6. The maximum atomic E-state index is 13.6. The number of halogens is 5. The average Bonchev–Trinajstić information content (AvgIpc) is 2.75. The van der Waals surface area contributed by atoms with Crippen LogP contribution in [0.1, 0.15) is 88.7 Å². The van der Waals surface area contributed by atoms with E-state index in [1.165, 1.54) is 57.8 Å². The smallest absolute Gasteiger partial charge is 0.206 e. The summed E-state index contributed by atoms with van der Waals surface area (Å²) in [5.41, 5.74) is -1.97. The maximum Gasteiger partial charge on any atom is 0.422 e. The van der Waals surface area contributed by atoms with Crippen molar-refractivity contribution in [3.8, 4) is 11.8 Å². The van der Waals surface area contributed by atoms with Gasteiger partial charge in [0.1, 0.15) is 17.2 Å². The Morgan fingerprint density at radius 3 is 1.84 bits per heavy atom. The Labute approximate surface area is 188 Å². The third-order valence-corrected chi connectivity index (χ3v) is 7.41. The van der Waals surface area contributed by atoms with Gasteiger partial charge in [0.2, 0.25) is 0 Å². The van der Waals surface area contributed by atoms with Gasteiger partial charge in [0.25, 0.3) is 0 Å². The first-order valence-electron chi connectivity index (χ1n) is 12.0. The zero-order valence-corrected chi connectivity index (χ0v) is 18.8. The molecule has 0 N–H and O–H groups in total. The summed E-state index contributed by atoms with van der Waals surface area (Å²) < 4.78 is 65.1. The highest BCUT2D eigenvalue weighted by Gasteiger charge is 2.37. The van der Waals surface area contributed by atoms with Gasteiger partial charge in [-0.25, -0.2) is 8.78 Å². The average molecular weight is 453 g/mol. The van der Waals surface area contributed by atoms with Crippen LogP contribution in [0.15, 0.2) is 24.3 Å². The van der Waals surface area contributed by atoms with Gasteiger partial charge in [-0.05, 0) is 67.6 Å². The molecule has 1 aromatic carbocycles. The fourth-order valence-electron chi connectivity index (χ4n) is 5.29. The van der Waals surface area contributed by atoms with E-state index in [4.69, 9.17) is 0 Å². The Bertz CT molecular complexity index is 803. The van der Waals surface area contributed by atoms with Gasteiger partial charge in [0.05, 0.1) is 0 Å². The monoisotopic (exact) mass is 452 g/mol. The molecule has 0 nitrogen and oxygen atoms in total. The van der Waals surface area contributed by atoms with Crippen LogP contribution in [0.2, 0.25) is 0 Å². The molecule has 1 aromatic rings. The van der Waals surface area contributed by atoms with E-state index in [2.05, 4.69) is 18.8 Å². The van der Waals surface area contributed by atoms with Crippen LogP contribution < -0.4 is 0 Å². The summed E-state index contributed by atoms with van der Waals surface area (Å²) in [6, 6.07) is 1.26. The van der Waals surface area contributed by atoms with Gasteiger partial charge in [-0.1, -0.05) is 69.8 Å². The highest BCUT2D eigenvalue weighted by Crippen LogP contribution is 2.37. The first-order chi connectivity index (χ1) is 15.3. The van der Waals surface area contributed by atoms with E-state index in [1.807, 2.05) is 6.08 Å². The van der Waals surface area contributed by atoms with E-state index >= 15 is 0 Å². The van der Waals surface area contributed by atoms with Crippen molar-refractivity contribution >= 4 is 0 Å². The normalized spacial score (nSPS) is 26.7. The quantitative estimate of drug-likeness (QED) is 0.310. The van der Waals surface area contributed by atoms with Gasteiger partial charge >= 0.3 is 6.18 Å². The van der Waals surface area contributed by atoms with Gasteiger partial charge in [-0.15, -0.1) is 0 Å². The number of hydrogen-bond donors (Lipinski definition) is 0. The number of alkyl halides is 3. The molecule has 5 heteroatoms. The molecule has 32 heavy (non-hydrogen) atoms. The van der Waals surface area contributed by atoms with Gasteiger partial charge in [-0.2, -0.15) is 13.2 Å². The molecule has 0 heterocycles. The number of rotatable bonds is 5. The van der Waals surface area contributed by atoms with Crippen LogP contribution in [0.3, 0.4) is 0 Å². The minimum absolute atomic E-state index is 0.102. The van der Waals surface area contributed by atoms with Crippen molar-refractivity contribution in [3.63, 3.8) is 0 Å². The molecule has 2 aliphatic carbocycles. The van der Waals surface area contributed by atoms with E-state index in [-0.39, 0.29) is 5.56 Å². The SMILES string of the molecule is CCC1CCC(CCC2CCC(/C=C/C#Cc3cc(F)c(C(F)(F)F)c(F)c3)CC2)CC1. The van der Waals surface area contributed by atoms with Crippen molar-refractivity contribution < 1.29 is 22.0 Å². The summed E-state index contributed by atoms with van der Waals surface area (Å²) in [5, 5.41) is 0. The second-order valence-electron chi connectivity index (χ2n) is 9.59. The fraction of sp³-hybridized carbons (Fsp3) is 0.630. The third-order valence-electron chi connectivity index (χ3n) is 7.41. The van der Waals surface area contributed by atoms with E-state index in [0.717, 1.165) is 30.6 Å². The van der Waals surface area contributed by atoms with E-state index in [9.17, 15) is 22.0 Å². The van der Waals surface area contributed by atoms with Crippen LogP contribution in [0.5, 0.6) is 0 Å². The second-order valence-corrected chi connectivity index (χ2v) is 9.59. The highest BCUT2D eigenvalue weighted by atomic mass is 19.4. The molecule has 0 aromatic heterocycles. The Hall–Kier alpha value is -1.83. The van der Waals surface area contributed by atoms with Gasteiger partial charge in [0.15, 0.2) is 0 Å². The fourth-order valence-corrected chi connectivity index (χ4v) is 5.29. The topological polar surface area (TPSA) is 0 Å². The van der Waals surface area contributed by atoms with Crippen LogP contribution in [-0.4, -0.2) is 0 Å². The van der Waals surface area contributed by atoms with Crippen molar-refractivity contribution in [3.05, 3.63) is 47.0 Å². The van der Waals surface area contributed by atoms with Crippen LogP contribution in [-0.2, 0) is 6.18 Å². The molecule has 3 rings (SSSR count). The van der Waals surface area contributed by atoms with Crippen LogP contribution in [0.4, 0.5) is 22.0 Å². The van der Waals surface area contributed by atoms with Crippen molar-refractivity contribution in [2.24, 2.45) is 23.7 Å². The zero-order valence-electron chi connectivity index (χ0n) is 18.8. The number of benzene rings is 1. The molecular formula is C27H33F5. The van der Waals surface area contributed by atoms with Gasteiger partial charge < -0.3 is 0 Å². The van der Waals surface area contributed by atoms with Crippen LogP contribution in [0, 0.1) is 47.1 Å². The Morgan fingerprint density at radius 1 is 0.844 bits per heavy atom. The van der Waals surface area contributed by atoms with Gasteiger partial charge in [0, 0.05) is 5.56 Å². The van der Waals surface area contributed by atoms with Crippen molar-refractivity contribution in [1.29, 1.82) is 0 Å². The first-order valence-corrected chi connectivity index (χ1v) is 12.0. The molecule has 0 unspecified atom stereocenters. The van der Waals surface area contributed by atoms with Crippen LogP contribution >= 0.6 is 0 Å². The summed E-state index contributed by atoms with van der Waals surface area (Å²) in [6.45, 7) is 2.30. The lowest BCUT2D eigenvalue weighted by Crippen LogP contribution is -2.17. The van der Waals surface area contributed by atoms with E-state index in [0.29, 0.717) is 18.1 Å². The molecule has 0 spiro atoms. The minimum atomic E-state index is -5.06. The molecular weight excluding hydrogens is 419 g/mol. The molecule has 2 aliphatic rings. The summed E-state index contributed by atoms with van der Waals surface area (Å²) in [7, 11) is 0. The molecule has 0 bridgehead atoms. The second kappa shape index (κ2) is 11.3. The molecule has 0 saturated heterocycles. The van der Waals surface area contributed by atoms with Crippen molar-refractivity contribution in [2.75, 3.05) is 0 Å². The van der Waals surface area contributed by atoms with E-state index in [1.54, 1.807) is 6.08 Å². The largest absolute Gasteiger partial charge is 0.422 e. The standard InChI is InChI=1S/C27H33F5/c1-2-19-7-9-21(10-8-19)15-16-22-13-11-20(12-14-22)5-3-4-6-23-17-24(28)26(25(29)18-23)27(30,31)32/h3,5,17-22H,2,7-16H2,1H3/b5-3+. The molecule has 0 aliphatic heterocycles. The molecule has 0 radical (unpaired) electrons. The molecule has 0 amide bonds. The summed E-state index contributed by atoms with van der Waals surface area (Å²) in [6.07, 6.45) is 13.0. The highest BCUT2D eigenvalue weighted by molar-refractivity contribution is 5.40. The molecule has 2 saturated carbocycles. The third kappa shape index (κ3) is 7.09. The van der Waals surface area contributed by atoms with E-state index < -0.39 is 23.4 Å². The number of allylic oxidation sites excluding steroid dienone is 2. The first kappa shape index (κ1) is 24.8. The zero-order chi connectivity index (χ0) is 23.1. The Morgan fingerprint density at radius 2 is 1.34 bits per heavy atom. The van der Waals surface area contributed by atoms with Crippen molar-refractivity contribution in [2.45, 2.75) is 83.7 Å². The summed E-state index contributed by atoms with van der Waals surface area (Å²) in [5.74, 6) is 5.10. The lowest BCUT2D eigenvalue weighted by Gasteiger charge is -2.31. The lowest BCUT2D eigenvalue weighted by molar-refractivity contribution is -0.142. The predicted molar refractivity (Wildman–Crippen MR) is 118 cm³/mol. The lowest BCUT2D eigenvalue weighted by atomic mass is 9.75. The summed E-state index contributed by atoms with van der Waals surface area (Å²) >= 11 is 0. The molecule has 0 atom stereocenters. The Balaban J connectivity index is 1.42. The summed E-state index contributed by atoms with van der Waals surface area (Å²) in [4.78, 5) is 0. The van der Waals surface area contributed by atoms with Crippen molar-refractivity contribution in [1.82, 2.24) is 0 Å². The van der Waals surface area contributed by atoms with Gasteiger partial charge in [-0.3, -0.25) is 0 Å². The van der Waals surface area contributed by atoms with Crippen LogP contribution in [0.25, 0.3) is 0 Å². The minimum Gasteiger partial charge on any atom is -0.206 e. The predicted octanol–water partition coefficient (Wildman–Crippen LogP) is 8.69.